The smallest absolute Gasteiger partial charge is 0.235 e. The molecule has 12 heavy (non-hydrogen) atoms. The molecule has 0 aromatic carbocycles. The van der Waals surface area contributed by atoms with E-state index in [1.165, 1.54) is 0 Å². The van der Waals surface area contributed by atoms with E-state index in [4.69, 9.17) is 4.74 Å². The van der Waals surface area contributed by atoms with E-state index >= 15 is 0 Å². The highest BCUT2D eigenvalue weighted by Crippen LogP contribution is 2.10. The van der Waals surface area contributed by atoms with Crippen molar-refractivity contribution in [2.45, 2.75) is 0 Å². The average molecular weight is 227 g/mol. The zero-order valence-corrected chi connectivity index (χ0v) is 7.91. The molecule has 1 aromatic heterocycles. The molecule has 0 saturated heterocycles. The number of nitrogens with zero attached hydrogens (tertiary/aromatic N) is 2. The minimum Gasteiger partial charge on any atom is -0.474 e. The first-order valence-electron chi connectivity index (χ1n) is 3.65. The van der Waals surface area contributed by atoms with Gasteiger partial charge in [-0.1, -0.05) is 0 Å². The maximum Gasteiger partial charge on any atom is 0.235 e. The summed E-state index contributed by atoms with van der Waals surface area (Å²) in [6, 6.07) is 3.81. The first kappa shape index (κ1) is 7.73. The van der Waals surface area contributed by atoms with Crippen LogP contribution in [0.5, 0.6) is 0 Å². The Kier molecular flexibility index (Phi) is 2.08. The van der Waals surface area contributed by atoms with Gasteiger partial charge >= 0.3 is 0 Å². The quantitative estimate of drug-likeness (QED) is 0.730. The first-order chi connectivity index (χ1) is 5.86. The molecule has 62 valence electrons. The van der Waals surface area contributed by atoms with E-state index in [0.29, 0.717) is 12.5 Å². The summed E-state index contributed by atoms with van der Waals surface area (Å²) in [7, 11) is 0. The van der Waals surface area contributed by atoms with Gasteiger partial charge in [-0.25, -0.2) is 4.99 Å². The Bertz CT molecular complexity index is 307. The number of aliphatic imine (C=N–C) groups is 1. The van der Waals surface area contributed by atoms with Crippen molar-refractivity contribution >= 4 is 21.8 Å². The maximum absolute atomic E-state index is 5.25. The summed E-state index contributed by atoms with van der Waals surface area (Å²) >= 11 is 3.31. The minimum atomic E-state index is 0.655. The third-order valence-electron chi connectivity index (χ3n) is 1.53. The number of hydrogen-bond donors (Lipinski definition) is 0. The molecule has 1 aromatic rings. The van der Waals surface area contributed by atoms with Crippen molar-refractivity contribution in [3.05, 3.63) is 28.5 Å². The van der Waals surface area contributed by atoms with Gasteiger partial charge in [0.15, 0.2) is 0 Å². The second-order valence-corrected chi connectivity index (χ2v) is 3.31. The van der Waals surface area contributed by atoms with Crippen molar-refractivity contribution in [2.24, 2.45) is 4.99 Å². The van der Waals surface area contributed by atoms with E-state index in [2.05, 4.69) is 25.9 Å². The second kappa shape index (κ2) is 3.23. The van der Waals surface area contributed by atoms with Gasteiger partial charge in [0.05, 0.1) is 6.54 Å². The van der Waals surface area contributed by atoms with Crippen LogP contribution in [0.3, 0.4) is 0 Å². The molecule has 0 aliphatic carbocycles. The predicted octanol–water partition coefficient (Wildman–Crippen LogP) is 1.62. The Morgan fingerprint density at radius 1 is 1.42 bits per heavy atom. The van der Waals surface area contributed by atoms with Crippen molar-refractivity contribution in [1.29, 1.82) is 0 Å². The number of rotatable bonds is 1. The molecule has 0 N–H and O–H groups in total. The van der Waals surface area contributed by atoms with E-state index in [9.17, 15) is 0 Å². The third kappa shape index (κ3) is 1.48. The third-order valence-corrected chi connectivity index (χ3v) is 2.00. The van der Waals surface area contributed by atoms with Crippen molar-refractivity contribution < 1.29 is 4.74 Å². The highest BCUT2D eigenvalue weighted by molar-refractivity contribution is 9.10. The van der Waals surface area contributed by atoms with E-state index in [0.717, 1.165) is 16.7 Å². The number of hydrogen-bond acceptors (Lipinski definition) is 3. The molecule has 2 rings (SSSR count). The fraction of sp³-hybridized carbons (Fsp3) is 0.250. The van der Waals surface area contributed by atoms with Gasteiger partial charge < -0.3 is 4.74 Å². The highest BCUT2D eigenvalue weighted by atomic mass is 79.9. The van der Waals surface area contributed by atoms with E-state index < -0.39 is 0 Å². The monoisotopic (exact) mass is 226 g/mol. The normalized spacial score (nSPS) is 15.6. The molecule has 0 radical (unpaired) electrons. The fourth-order valence-electron chi connectivity index (χ4n) is 0.992. The molecule has 1 aliphatic heterocycles. The summed E-state index contributed by atoms with van der Waals surface area (Å²) in [5.41, 5.74) is 0.802. The van der Waals surface area contributed by atoms with Crippen LogP contribution in [0.25, 0.3) is 0 Å². The molecule has 0 amide bonds. The van der Waals surface area contributed by atoms with Gasteiger partial charge in [0.1, 0.15) is 12.3 Å². The van der Waals surface area contributed by atoms with Crippen LogP contribution >= 0.6 is 15.9 Å². The van der Waals surface area contributed by atoms with Crippen LogP contribution in [0, 0.1) is 0 Å². The van der Waals surface area contributed by atoms with Crippen molar-refractivity contribution in [2.75, 3.05) is 13.2 Å². The molecule has 1 aliphatic rings. The van der Waals surface area contributed by atoms with Gasteiger partial charge in [-0.3, -0.25) is 4.98 Å². The van der Waals surface area contributed by atoms with E-state index in [-0.39, 0.29) is 0 Å². The van der Waals surface area contributed by atoms with Gasteiger partial charge in [-0.05, 0) is 28.1 Å². The summed E-state index contributed by atoms with van der Waals surface area (Å²) in [6.45, 7) is 1.42. The molecule has 0 unspecified atom stereocenters. The Balaban J connectivity index is 2.28. The van der Waals surface area contributed by atoms with Crippen molar-refractivity contribution in [3.63, 3.8) is 0 Å². The molecule has 4 heteroatoms. The Hall–Kier alpha value is -0.900. The lowest BCUT2D eigenvalue weighted by molar-refractivity contribution is 0.347. The first-order valence-corrected chi connectivity index (χ1v) is 4.45. The van der Waals surface area contributed by atoms with Gasteiger partial charge in [-0.15, -0.1) is 0 Å². The summed E-state index contributed by atoms with van der Waals surface area (Å²) in [4.78, 5) is 8.31. The molecule has 3 nitrogen and oxygen atoms in total. The lowest BCUT2D eigenvalue weighted by Crippen LogP contribution is -2.02. The molecular weight excluding hydrogens is 220 g/mol. The van der Waals surface area contributed by atoms with Crippen LogP contribution in [-0.4, -0.2) is 24.0 Å². The van der Waals surface area contributed by atoms with Crippen LogP contribution in [0.2, 0.25) is 0 Å². The van der Waals surface area contributed by atoms with Crippen LogP contribution in [0.15, 0.2) is 27.8 Å². The molecule has 0 atom stereocenters. The summed E-state index contributed by atoms with van der Waals surface area (Å²) in [6.07, 6.45) is 1.74. The zero-order valence-electron chi connectivity index (χ0n) is 6.33. The van der Waals surface area contributed by atoms with Gasteiger partial charge in [0.25, 0.3) is 0 Å². The van der Waals surface area contributed by atoms with Gasteiger partial charge in [-0.2, -0.15) is 0 Å². The molecule has 0 saturated carbocycles. The van der Waals surface area contributed by atoms with Crippen molar-refractivity contribution in [1.82, 2.24) is 4.98 Å². The predicted molar refractivity (Wildman–Crippen MR) is 49.3 cm³/mol. The standard InChI is InChI=1S/C8H7BrN2O/c9-6-1-2-7(11-5-6)8-10-3-4-12-8/h1-2,5H,3-4H2. The zero-order chi connectivity index (χ0) is 8.39. The van der Waals surface area contributed by atoms with Gasteiger partial charge in [0.2, 0.25) is 5.90 Å². The van der Waals surface area contributed by atoms with Crippen LogP contribution in [0.1, 0.15) is 5.69 Å². The topological polar surface area (TPSA) is 34.5 Å². The molecule has 0 bridgehead atoms. The van der Waals surface area contributed by atoms with Crippen molar-refractivity contribution in [3.8, 4) is 0 Å². The Morgan fingerprint density at radius 2 is 2.33 bits per heavy atom. The summed E-state index contributed by atoms with van der Waals surface area (Å²) in [5.74, 6) is 0.655. The summed E-state index contributed by atoms with van der Waals surface area (Å²) < 4.78 is 6.21. The minimum absolute atomic E-state index is 0.655. The average Bonchev–Trinajstić information content (AvgIpc) is 2.58. The second-order valence-electron chi connectivity index (χ2n) is 2.40. The largest absolute Gasteiger partial charge is 0.474 e. The number of pyridine rings is 1. The molecule has 0 spiro atoms. The number of halogens is 1. The number of aromatic nitrogens is 1. The van der Waals surface area contributed by atoms with Gasteiger partial charge in [0, 0.05) is 10.7 Å². The molecule has 0 fully saturated rings. The Morgan fingerprint density at radius 3 is 2.92 bits per heavy atom. The van der Waals surface area contributed by atoms with E-state index in [1.807, 2.05) is 12.1 Å². The van der Waals surface area contributed by atoms with Crippen LogP contribution < -0.4 is 0 Å². The van der Waals surface area contributed by atoms with Crippen LogP contribution in [0.4, 0.5) is 0 Å². The number of ether oxygens (including phenoxy) is 1. The lowest BCUT2D eigenvalue weighted by atomic mass is 10.3. The van der Waals surface area contributed by atoms with Crippen LogP contribution in [-0.2, 0) is 4.74 Å². The highest BCUT2D eigenvalue weighted by Gasteiger charge is 2.10. The lowest BCUT2D eigenvalue weighted by Gasteiger charge is -1.99. The molecular formula is C8H7BrN2O. The maximum atomic E-state index is 5.25. The Labute approximate surface area is 78.6 Å². The SMILES string of the molecule is Brc1ccc(C2=NCCO2)nc1. The summed E-state index contributed by atoms with van der Waals surface area (Å²) in [5, 5.41) is 0. The molecule has 2 heterocycles. The van der Waals surface area contributed by atoms with E-state index in [1.54, 1.807) is 6.20 Å². The fourth-order valence-corrected chi connectivity index (χ4v) is 1.23.